The molecule has 0 saturated carbocycles. The molecule has 4 N–H and O–H groups in total. The highest BCUT2D eigenvalue weighted by Crippen LogP contribution is 2.15. The van der Waals surface area contributed by atoms with Crippen molar-refractivity contribution in [3.05, 3.63) is 0 Å². The molecule has 0 aromatic heterocycles. The first-order valence-corrected chi connectivity index (χ1v) is 4.25. The van der Waals surface area contributed by atoms with Gasteiger partial charge in [0.25, 0.3) is 0 Å². The van der Waals surface area contributed by atoms with Gasteiger partial charge in [-0.25, -0.2) is 0 Å². The minimum absolute atomic E-state index is 0. The van der Waals surface area contributed by atoms with Crippen molar-refractivity contribution in [1.82, 2.24) is 4.90 Å². The van der Waals surface area contributed by atoms with Crippen molar-refractivity contribution in [3.63, 3.8) is 0 Å². The number of hydrogen-bond acceptors (Lipinski definition) is 2. The minimum atomic E-state index is -0.396. The molecular weight excluding hydrogens is 172 g/mol. The van der Waals surface area contributed by atoms with Gasteiger partial charge >= 0.3 is 0 Å². The van der Waals surface area contributed by atoms with Crippen molar-refractivity contribution >= 4 is 11.8 Å². The summed E-state index contributed by atoms with van der Waals surface area (Å²) in [5, 5.41) is 0. The first kappa shape index (κ1) is 11.9. The van der Waals surface area contributed by atoms with Gasteiger partial charge in [-0.15, -0.1) is 0 Å². The molecule has 5 heteroatoms. The Morgan fingerprint density at radius 1 is 1.69 bits per heavy atom. The summed E-state index contributed by atoms with van der Waals surface area (Å²) in [4.78, 5) is 23.7. The van der Waals surface area contributed by atoms with Crippen molar-refractivity contribution < 1.29 is 15.1 Å². The molecule has 76 valence electrons. The van der Waals surface area contributed by atoms with E-state index in [2.05, 4.69) is 0 Å². The maximum atomic E-state index is 11.2. The van der Waals surface area contributed by atoms with Crippen LogP contribution in [0.4, 0.5) is 0 Å². The second kappa shape index (κ2) is 4.81. The van der Waals surface area contributed by atoms with Gasteiger partial charge in [0.2, 0.25) is 11.8 Å². The van der Waals surface area contributed by atoms with E-state index in [1.54, 1.807) is 4.90 Å². The van der Waals surface area contributed by atoms with Crippen molar-refractivity contribution in [2.45, 2.75) is 32.2 Å². The molecule has 5 nitrogen and oxygen atoms in total. The predicted octanol–water partition coefficient (Wildman–Crippen LogP) is -0.952. The van der Waals surface area contributed by atoms with Gasteiger partial charge in [0.15, 0.2) is 0 Å². The zero-order chi connectivity index (χ0) is 9.14. The van der Waals surface area contributed by atoms with Gasteiger partial charge in [-0.3, -0.25) is 9.59 Å². The van der Waals surface area contributed by atoms with Gasteiger partial charge in [-0.2, -0.15) is 0 Å². The van der Waals surface area contributed by atoms with E-state index in [9.17, 15) is 9.59 Å². The molecule has 1 fully saturated rings. The minimum Gasteiger partial charge on any atom is -0.412 e. The van der Waals surface area contributed by atoms with Crippen molar-refractivity contribution in [1.29, 1.82) is 0 Å². The maximum absolute atomic E-state index is 11.2. The van der Waals surface area contributed by atoms with Crippen molar-refractivity contribution in [2.24, 2.45) is 5.73 Å². The Labute approximate surface area is 77.2 Å². The molecule has 1 atom stereocenters. The number of hydrogen-bond donors (Lipinski definition) is 1. The van der Waals surface area contributed by atoms with Crippen LogP contribution >= 0.6 is 0 Å². The van der Waals surface area contributed by atoms with Gasteiger partial charge in [-0.1, -0.05) is 6.92 Å². The molecule has 0 bridgehead atoms. The molecule has 0 unspecified atom stereocenters. The van der Waals surface area contributed by atoms with E-state index in [-0.39, 0.29) is 17.4 Å². The van der Waals surface area contributed by atoms with Crippen LogP contribution in [0.1, 0.15) is 26.2 Å². The van der Waals surface area contributed by atoms with Crippen LogP contribution in [-0.4, -0.2) is 34.8 Å². The summed E-state index contributed by atoms with van der Waals surface area (Å²) in [6.45, 7) is 2.54. The number of rotatable bonds is 3. The molecule has 0 spiro atoms. The van der Waals surface area contributed by atoms with E-state index in [1.807, 2.05) is 6.92 Å². The summed E-state index contributed by atoms with van der Waals surface area (Å²) < 4.78 is 0. The third-order valence-electron chi connectivity index (χ3n) is 2.20. The van der Waals surface area contributed by atoms with E-state index in [0.717, 1.165) is 6.42 Å². The number of nitrogens with two attached hydrogens (primary N) is 1. The molecule has 1 aliphatic rings. The van der Waals surface area contributed by atoms with E-state index >= 15 is 0 Å². The molecule has 0 aromatic carbocycles. The summed E-state index contributed by atoms with van der Waals surface area (Å²) in [7, 11) is 0. The average molecular weight is 188 g/mol. The van der Waals surface area contributed by atoms with E-state index in [4.69, 9.17) is 5.73 Å². The van der Waals surface area contributed by atoms with Gasteiger partial charge in [0.05, 0.1) is 0 Å². The van der Waals surface area contributed by atoms with Crippen LogP contribution < -0.4 is 5.73 Å². The molecule has 1 heterocycles. The Morgan fingerprint density at radius 2 is 2.31 bits per heavy atom. The number of amides is 2. The monoisotopic (exact) mass is 188 g/mol. The molecule has 1 rings (SSSR count). The molecule has 1 saturated heterocycles. The van der Waals surface area contributed by atoms with Crippen LogP contribution in [0.25, 0.3) is 0 Å². The van der Waals surface area contributed by atoms with Gasteiger partial charge in [0, 0.05) is 13.0 Å². The Kier molecular flexibility index (Phi) is 4.40. The van der Waals surface area contributed by atoms with E-state index < -0.39 is 5.91 Å². The summed E-state index contributed by atoms with van der Waals surface area (Å²) in [6, 6.07) is -0.389. The van der Waals surface area contributed by atoms with E-state index in [0.29, 0.717) is 19.4 Å². The van der Waals surface area contributed by atoms with Gasteiger partial charge in [-0.05, 0) is 12.8 Å². The lowest BCUT2D eigenvalue weighted by Gasteiger charge is -2.23. The summed E-state index contributed by atoms with van der Waals surface area (Å²) in [5.41, 5.74) is 5.16. The first-order chi connectivity index (χ1) is 5.66. The van der Waals surface area contributed by atoms with Crippen LogP contribution in [0.3, 0.4) is 0 Å². The fraction of sp³-hybridized carbons (Fsp3) is 0.750. The predicted molar refractivity (Wildman–Crippen MR) is 47.8 cm³/mol. The Hall–Kier alpha value is -1.10. The van der Waals surface area contributed by atoms with Crippen molar-refractivity contribution in [3.8, 4) is 0 Å². The van der Waals surface area contributed by atoms with Gasteiger partial charge < -0.3 is 16.1 Å². The van der Waals surface area contributed by atoms with Crippen LogP contribution in [0, 0.1) is 0 Å². The topological polar surface area (TPSA) is 94.9 Å². The highest BCUT2D eigenvalue weighted by atomic mass is 16.2. The SMILES string of the molecule is CC[C@H](C(N)=O)N1CCCC1=O.O. The zero-order valence-corrected chi connectivity index (χ0v) is 7.75. The van der Waals surface area contributed by atoms with Gasteiger partial charge in [0.1, 0.15) is 6.04 Å². The Balaban J connectivity index is 0.00000144. The molecule has 13 heavy (non-hydrogen) atoms. The third-order valence-corrected chi connectivity index (χ3v) is 2.20. The standard InChI is InChI=1S/C8H14N2O2.H2O/c1-2-6(8(9)12)10-5-3-4-7(10)11;/h6H,2-5H2,1H3,(H2,9,12);1H2/t6-;/m1./s1. The summed E-state index contributed by atoms with van der Waals surface area (Å²) >= 11 is 0. The number of primary amides is 1. The Bertz CT molecular complexity index is 206. The number of carbonyl (C=O) groups excluding carboxylic acids is 2. The largest absolute Gasteiger partial charge is 0.412 e. The van der Waals surface area contributed by atoms with Crippen LogP contribution in [0.15, 0.2) is 0 Å². The molecule has 0 aromatic rings. The highest BCUT2D eigenvalue weighted by molar-refractivity contribution is 5.87. The lowest BCUT2D eigenvalue weighted by atomic mass is 10.2. The second-order valence-electron chi connectivity index (χ2n) is 3.02. The lowest BCUT2D eigenvalue weighted by molar-refractivity contribution is -0.136. The summed E-state index contributed by atoms with van der Waals surface area (Å²) in [5.74, 6) is -0.339. The van der Waals surface area contributed by atoms with Crippen LogP contribution in [0.2, 0.25) is 0 Å². The maximum Gasteiger partial charge on any atom is 0.240 e. The fourth-order valence-corrected chi connectivity index (χ4v) is 1.57. The molecule has 2 amide bonds. The van der Waals surface area contributed by atoms with E-state index in [1.165, 1.54) is 0 Å². The first-order valence-electron chi connectivity index (χ1n) is 4.25. The zero-order valence-electron chi connectivity index (χ0n) is 7.75. The molecule has 0 aliphatic carbocycles. The molecule has 0 radical (unpaired) electrons. The normalized spacial score (nSPS) is 18.2. The molecule has 1 aliphatic heterocycles. The summed E-state index contributed by atoms with van der Waals surface area (Å²) in [6.07, 6.45) is 2.02. The van der Waals surface area contributed by atoms with Crippen molar-refractivity contribution in [2.75, 3.05) is 6.54 Å². The average Bonchev–Trinajstić information content (AvgIpc) is 2.38. The second-order valence-corrected chi connectivity index (χ2v) is 3.02. The number of nitrogens with zero attached hydrogens (tertiary/aromatic N) is 1. The smallest absolute Gasteiger partial charge is 0.240 e. The quantitative estimate of drug-likeness (QED) is 0.618. The number of carbonyl (C=O) groups is 2. The lowest BCUT2D eigenvalue weighted by Crippen LogP contribution is -2.44. The highest BCUT2D eigenvalue weighted by Gasteiger charge is 2.29. The number of likely N-dealkylation sites (tertiary alicyclic amines) is 1. The fourth-order valence-electron chi connectivity index (χ4n) is 1.57. The molecular formula is C8H16N2O3. The Morgan fingerprint density at radius 3 is 2.62 bits per heavy atom. The van der Waals surface area contributed by atoms with Crippen LogP contribution in [-0.2, 0) is 9.59 Å². The van der Waals surface area contributed by atoms with Crippen LogP contribution in [0.5, 0.6) is 0 Å². The third kappa shape index (κ3) is 2.42.